The Balaban J connectivity index is 1.60. The van der Waals surface area contributed by atoms with Gasteiger partial charge in [-0.1, -0.05) is 18.0 Å². The molecule has 2 aromatic rings. The van der Waals surface area contributed by atoms with Crippen LogP contribution in [-0.2, 0) is 16.2 Å². The van der Waals surface area contributed by atoms with Crippen molar-refractivity contribution in [1.29, 1.82) is 5.26 Å². The van der Waals surface area contributed by atoms with E-state index in [2.05, 4.69) is 26.3 Å². The Morgan fingerprint density at radius 2 is 1.62 bits per heavy atom. The van der Waals surface area contributed by atoms with E-state index in [9.17, 15) is 9.59 Å². The molecule has 13 heteroatoms. The second-order valence-electron chi connectivity index (χ2n) is 10.2. The predicted molar refractivity (Wildman–Crippen MR) is 160 cm³/mol. The number of nitriles is 1. The van der Waals surface area contributed by atoms with Crippen LogP contribution in [0.1, 0.15) is 52.9 Å². The van der Waals surface area contributed by atoms with E-state index in [1.165, 1.54) is 0 Å². The van der Waals surface area contributed by atoms with Crippen LogP contribution in [0, 0.1) is 11.5 Å². The molecule has 0 fully saturated rings. The van der Waals surface area contributed by atoms with Gasteiger partial charge in [-0.3, -0.25) is 10.3 Å². The van der Waals surface area contributed by atoms with Crippen LogP contribution >= 0.6 is 11.6 Å². The minimum Gasteiger partial charge on any atom is -0.494 e. The third kappa shape index (κ3) is 16.1. The zero-order valence-electron chi connectivity index (χ0n) is 24.5. The summed E-state index contributed by atoms with van der Waals surface area (Å²) < 4.78 is 17.7. The molecule has 12 nitrogen and oxygen atoms in total. The first kappa shape index (κ1) is 34.0. The first-order valence-electron chi connectivity index (χ1n) is 13.9. The van der Waals surface area contributed by atoms with Gasteiger partial charge in [-0.15, -0.1) is 0 Å². The summed E-state index contributed by atoms with van der Waals surface area (Å²) in [6, 6.07) is 10.9. The number of carbonyl (C=O) groups excluding carboxylic acids is 2. The van der Waals surface area contributed by atoms with Crippen LogP contribution < -0.4 is 30.6 Å². The van der Waals surface area contributed by atoms with Gasteiger partial charge in [0, 0.05) is 36.8 Å². The third-order valence-electron chi connectivity index (χ3n) is 5.37. The fraction of sp³-hybridized carbons (Fsp3) is 0.483. The van der Waals surface area contributed by atoms with Gasteiger partial charge in [-0.05, 0) is 70.7 Å². The van der Waals surface area contributed by atoms with Crippen molar-refractivity contribution in [3.63, 3.8) is 0 Å². The number of hydrogen-bond donors (Lipinski definition) is 4. The summed E-state index contributed by atoms with van der Waals surface area (Å²) in [7, 11) is 0. The van der Waals surface area contributed by atoms with Gasteiger partial charge in [-0.2, -0.15) is 9.83 Å². The fourth-order valence-electron chi connectivity index (χ4n) is 3.37. The number of nitrogens with zero attached hydrogens (tertiary/aromatic N) is 3. The molecule has 0 aliphatic heterocycles. The number of rotatable bonds is 15. The number of benzene rings is 1. The Morgan fingerprint density at radius 1 is 0.952 bits per heavy atom. The number of amides is 2. The molecule has 0 atom stereocenters. The standard InChI is InChI=1S/C29H40ClN7O5/c1-29(2,3)42-28(39)34-17-8-16-33-27(38)41-22-37-18-13-24(14-19-37)36-26(35-21-31)32-15-6-4-5-7-20-40-25-11-9-23(30)10-12-25/h9-14,18-19H,4-8,15-17,20,22H2,1-3H3,(H3,32,33,34,35,38,39)/p+1. The quantitative estimate of drug-likeness (QED) is 0.0572. The highest BCUT2D eigenvalue weighted by Gasteiger charge is 2.15. The summed E-state index contributed by atoms with van der Waals surface area (Å²) in [6.07, 6.45) is 8.66. The van der Waals surface area contributed by atoms with Gasteiger partial charge in [0.05, 0.1) is 12.3 Å². The van der Waals surface area contributed by atoms with Crippen molar-refractivity contribution in [2.24, 2.45) is 4.99 Å². The Kier molecular flexibility index (Phi) is 15.4. The van der Waals surface area contributed by atoms with E-state index >= 15 is 0 Å². The number of aromatic nitrogens is 1. The van der Waals surface area contributed by atoms with E-state index in [4.69, 9.17) is 31.1 Å². The molecule has 0 bridgehead atoms. The van der Waals surface area contributed by atoms with Crippen molar-refractivity contribution < 1.29 is 28.4 Å². The molecule has 4 N–H and O–H groups in total. The fourth-order valence-corrected chi connectivity index (χ4v) is 3.50. The average Bonchev–Trinajstić information content (AvgIpc) is 2.94. The van der Waals surface area contributed by atoms with Crippen LogP contribution in [0.3, 0.4) is 0 Å². The van der Waals surface area contributed by atoms with Crippen LogP contribution in [-0.4, -0.2) is 50.0 Å². The summed E-state index contributed by atoms with van der Waals surface area (Å²) in [5, 5.41) is 20.6. The lowest BCUT2D eigenvalue weighted by Crippen LogP contribution is -2.38. The maximum absolute atomic E-state index is 11.9. The summed E-state index contributed by atoms with van der Waals surface area (Å²) in [5.41, 5.74) is 0.159. The summed E-state index contributed by atoms with van der Waals surface area (Å²) in [6.45, 7) is 7.31. The Labute approximate surface area is 252 Å². The van der Waals surface area contributed by atoms with Gasteiger partial charge in [0.2, 0.25) is 5.96 Å². The molecule has 0 aliphatic rings. The number of pyridine rings is 1. The van der Waals surface area contributed by atoms with Gasteiger partial charge in [0.15, 0.2) is 18.6 Å². The lowest BCUT2D eigenvalue weighted by Gasteiger charge is -2.19. The molecular weight excluding hydrogens is 562 g/mol. The number of guanidine groups is 1. The van der Waals surface area contributed by atoms with E-state index < -0.39 is 17.8 Å². The van der Waals surface area contributed by atoms with E-state index in [1.807, 2.05) is 18.3 Å². The molecular formula is C29H41ClN7O5+. The van der Waals surface area contributed by atoms with Crippen molar-refractivity contribution in [1.82, 2.24) is 16.0 Å². The first-order chi connectivity index (χ1) is 20.1. The molecule has 2 amide bonds. The number of ether oxygens (including phenoxy) is 3. The number of nitrogens with one attached hydrogen (secondary N) is 4. The number of halogens is 1. The van der Waals surface area contributed by atoms with Crippen molar-refractivity contribution in [3.05, 3.63) is 53.8 Å². The number of carbonyl (C=O) groups is 2. The Hall–Kier alpha value is -4.24. The molecule has 0 unspecified atom stereocenters. The van der Waals surface area contributed by atoms with Gasteiger partial charge in [0.1, 0.15) is 11.4 Å². The molecule has 42 heavy (non-hydrogen) atoms. The lowest BCUT2D eigenvalue weighted by molar-refractivity contribution is -0.727. The third-order valence-corrected chi connectivity index (χ3v) is 5.62. The Bertz CT molecular complexity index is 1160. The number of alkyl carbamates (subject to hydrolysis) is 2. The summed E-state index contributed by atoms with van der Waals surface area (Å²) in [5.74, 6) is 1.17. The van der Waals surface area contributed by atoms with Gasteiger partial charge >= 0.3 is 12.2 Å². The second-order valence-corrected chi connectivity index (χ2v) is 10.6. The number of unbranched alkanes of at least 4 members (excludes halogenated alkanes) is 3. The number of anilines is 1. The number of hydrogen-bond acceptors (Lipinski definition) is 7. The lowest BCUT2D eigenvalue weighted by atomic mass is 10.2. The normalized spacial score (nSPS) is 11.2. The number of aliphatic imine (C=N–C) groups is 1. The highest BCUT2D eigenvalue weighted by atomic mass is 35.5. The van der Waals surface area contributed by atoms with Gasteiger partial charge < -0.3 is 30.2 Å². The SMILES string of the molecule is CC(C)(C)OC(=O)NCCCNC(=O)OC[n+]1ccc(N/C(=N\CCCCCCOc2ccc(Cl)cc2)NC#N)cc1. The zero-order chi connectivity index (χ0) is 30.6. The second kappa shape index (κ2) is 19.0. The zero-order valence-corrected chi connectivity index (χ0v) is 25.2. The van der Waals surface area contributed by atoms with E-state index in [1.54, 1.807) is 62.0 Å². The van der Waals surface area contributed by atoms with E-state index in [0.29, 0.717) is 49.3 Å². The van der Waals surface area contributed by atoms with Crippen molar-refractivity contribution in [3.8, 4) is 11.9 Å². The van der Waals surface area contributed by atoms with Gasteiger partial charge in [-0.25, -0.2) is 9.59 Å². The molecule has 228 valence electrons. The van der Waals surface area contributed by atoms with E-state index in [-0.39, 0.29) is 6.73 Å². The average molecular weight is 603 g/mol. The highest BCUT2D eigenvalue weighted by Crippen LogP contribution is 2.16. The smallest absolute Gasteiger partial charge is 0.411 e. The maximum atomic E-state index is 11.9. The van der Waals surface area contributed by atoms with Crippen LogP contribution in [0.4, 0.5) is 15.3 Å². The van der Waals surface area contributed by atoms with Crippen LogP contribution in [0.15, 0.2) is 53.8 Å². The minimum absolute atomic E-state index is 0.0183. The highest BCUT2D eigenvalue weighted by molar-refractivity contribution is 6.30. The molecule has 1 aromatic carbocycles. The molecule has 0 spiro atoms. The van der Waals surface area contributed by atoms with Crippen LogP contribution in [0.2, 0.25) is 5.02 Å². The Morgan fingerprint density at radius 3 is 2.29 bits per heavy atom. The van der Waals surface area contributed by atoms with Crippen molar-refractivity contribution >= 4 is 35.4 Å². The molecule has 1 aromatic heterocycles. The van der Waals surface area contributed by atoms with Crippen molar-refractivity contribution in [2.75, 3.05) is 31.6 Å². The molecule has 0 saturated carbocycles. The summed E-state index contributed by atoms with van der Waals surface area (Å²) in [4.78, 5) is 28.0. The monoisotopic (exact) mass is 602 g/mol. The van der Waals surface area contributed by atoms with Gasteiger partial charge in [0.25, 0.3) is 6.73 Å². The van der Waals surface area contributed by atoms with E-state index in [0.717, 1.165) is 31.4 Å². The molecule has 2 rings (SSSR count). The van der Waals surface area contributed by atoms with Crippen LogP contribution in [0.5, 0.6) is 5.75 Å². The maximum Gasteiger partial charge on any atom is 0.411 e. The topological polar surface area (TPSA) is 150 Å². The molecule has 1 heterocycles. The van der Waals surface area contributed by atoms with Crippen LogP contribution in [0.25, 0.3) is 0 Å². The summed E-state index contributed by atoms with van der Waals surface area (Å²) >= 11 is 5.87. The predicted octanol–water partition coefficient (Wildman–Crippen LogP) is 4.70. The first-order valence-corrected chi connectivity index (χ1v) is 14.2. The molecule has 0 aliphatic carbocycles. The largest absolute Gasteiger partial charge is 0.494 e. The minimum atomic E-state index is -0.566. The molecule has 0 radical (unpaired) electrons. The van der Waals surface area contributed by atoms with Crippen molar-refractivity contribution in [2.45, 2.75) is 65.2 Å². The molecule has 0 saturated heterocycles.